The van der Waals surface area contributed by atoms with Gasteiger partial charge in [-0.05, 0) is 42.8 Å². The molecule has 30 heavy (non-hydrogen) atoms. The number of carbonyl (C=O) groups is 1. The molecule has 0 saturated carbocycles. The summed E-state index contributed by atoms with van der Waals surface area (Å²) in [6.07, 6.45) is 4.74. The second-order valence-electron chi connectivity index (χ2n) is 10.7. The molecule has 0 N–H and O–H groups in total. The van der Waals surface area contributed by atoms with Gasteiger partial charge < -0.3 is 4.43 Å². The Morgan fingerprint density at radius 1 is 0.933 bits per heavy atom. The first-order valence-electron chi connectivity index (χ1n) is 10.8. The highest BCUT2D eigenvalue weighted by Crippen LogP contribution is 2.40. The number of nitrogens with zero attached hydrogens (tertiary/aromatic N) is 2. The van der Waals surface area contributed by atoms with Crippen LogP contribution in [0.5, 0.6) is 0 Å². The van der Waals surface area contributed by atoms with Gasteiger partial charge in [0.05, 0.1) is 19.3 Å². The Kier molecular flexibility index (Phi) is 6.06. The van der Waals surface area contributed by atoms with E-state index in [1.165, 1.54) is 5.20 Å². The van der Waals surface area contributed by atoms with Gasteiger partial charge in [0.15, 0.2) is 8.32 Å². The van der Waals surface area contributed by atoms with Crippen LogP contribution in [0.4, 0.5) is 0 Å². The number of carbonyl (C=O) groups excluding carboxylic acids is 1. The lowest BCUT2D eigenvalue weighted by atomic mass is 10.1. The van der Waals surface area contributed by atoms with Crippen LogP contribution in [0.15, 0.2) is 54.0 Å². The summed E-state index contributed by atoms with van der Waals surface area (Å²) in [6.45, 7) is 19.2. The Labute approximate surface area is 183 Å². The molecule has 1 aromatic heterocycles. The summed E-state index contributed by atoms with van der Waals surface area (Å²) in [6, 6.07) is 11.9. The minimum atomic E-state index is -1.82. The Morgan fingerprint density at radius 3 is 2.03 bits per heavy atom. The summed E-state index contributed by atoms with van der Waals surface area (Å²) in [5, 5.41) is 3.42. The number of aromatic nitrogens is 1. The maximum absolute atomic E-state index is 13.4. The molecule has 1 aliphatic heterocycles. The van der Waals surface area contributed by atoms with E-state index >= 15 is 0 Å². The molecule has 0 aliphatic carbocycles. The SMILES string of the molecule is CC(C)(C)[Si](C)(C)OCC/C(=C1/c2ccccc2C(=O)N1n1cccc1)[Si](C)(C)C. The number of hydrogen-bond acceptors (Lipinski definition) is 2. The Balaban J connectivity index is 2.07. The lowest BCUT2D eigenvalue weighted by molar-refractivity contribution is 0.0984. The third-order valence-corrected chi connectivity index (χ3v) is 13.3. The van der Waals surface area contributed by atoms with Crippen LogP contribution < -0.4 is 5.01 Å². The number of hydrogen-bond donors (Lipinski definition) is 0. The molecule has 0 spiro atoms. The zero-order valence-electron chi connectivity index (χ0n) is 19.7. The van der Waals surface area contributed by atoms with Crippen LogP contribution in [-0.2, 0) is 4.43 Å². The molecule has 0 saturated heterocycles. The smallest absolute Gasteiger partial charge is 0.278 e. The van der Waals surface area contributed by atoms with Crippen molar-refractivity contribution in [2.24, 2.45) is 0 Å². The molecule has 3 rings (SSSR count). The second kappa shape index (κ2) is 7.98. The molecule has 0 bridgehead atoms. The van der Waals surface area contributed by atoms with E-state index in [0.717, 1.165) is 23.2 Å². The summed E-state index contributed by atoms with van der Waals surface area (Å²) < 4.78 is 8.45. The van der Waals surface area contributed by atoms with Crippen LogP contribution in [0.25, 0.3) is 5.70 Å². The van der Waals surface area contributed by atoms with Gasteiger partial charge in [-0.3, -0.25) is 9.47 Å². The van der Waals surface area contributed by atoms with Crippen LogP contribution in [0.1, 0.15) is 43.1 Å². The quantitative estimate of drug-likeness (QED) is 0.495. The molecule has 2 aromatic rings. The van der Waals surface area contributed by atoms with E-state index in [-0.39, 0.29) is 10.9 Å². The molecule has 0 unspecified atom stereocenters. The lowest BCUT2D eigenvalue weighted by Crippen LogP contribution is -2.41. The minimum absolute atomic E-state index is 0.0397. The van der Waals surface area contributed by atoms with Gasteiger partial charge in [0.25, 0.3) is 5.91 Å². The largest absolute Gasteiger partial charge is 0.417 e. The highest BCUT2D eigenvalue weighted by atomic mass is 28.4. The first-order chi connectivity index (χ1) is 13.8. The fourth-order valence-corrected chi connectivity index (χ4v) is 6.50. The summed E-state index contributed by atoms with van der Waals surface area (Å²) >= 11 is 0. The predicted octanol–water partition coefficient (Wildman–Crippen LogP) is 6.28. The second-order valence-corrected chi connectivity index (χ2v) is 20.6. The Hall–Kier alpha value is -1.90. The van der Waals surface area contributed by atoms with Gasteiger partial charge in [-0.15, -0.1) is 0 Å². The Morgan fingerprint density at radius 2 is 1.50 bits per heavy atom. The van der Waals surface area contributed by atoms with Crippen molar-refractivity contribution in [3.05, 3.63) is 65.1 Å². The van der Waals surface area contributed by atoms with Gasteiger partial charge in [0.1, 0.15) is 0 Å². The lowest BCUT2D eigenvalue weighted by Gasteiger charge is -2.37. The number of rotatable bonds is 6. The molecular weight excluding hydrogens is 404 g/mol. The van der Waals surface area contributed by atoms with E-state index in [1.54, 1.807) is 0 Å². The fourth-order valence-electron chi connectivity index (χ4n) is 3.65. The normalized spacial score (nSPS) is 16.8. The van der Waals surface area contributed by atoms with Crippen molar-refractivity contribution in [3.63, 3.8) is 0 Å². The van der Waals surface area contributed by atoms with Crippen molar-refractivity contribution in [1.82, 2.24) is 4.68 Å². The van der Waals surface area contributed by atoms with Gasteiger partial charge in [-0.1, -0.05) is 63.8 Å². The van der Waals surface area contributed by atoms with Crippen LogP contribution in [0.2, 0.25) is 37.8 Å². The molecular formula is C24H36N2O2Si2. The molecule has 1 aliphatic rings. The first-order valence-corrected chi connectivity index (χ1v) is 17.2. The van der Waals surface area contributed by atoms with Gasteiger partial charge in [0.2, 0.25) is 0 Å². The molecule has 0 atom stereocenters. The molecule has 0 fully saturated rings. The average Bonchev–Trinajstić information content (AvgIpc) is 3.24. The standard InChI is InChI=1S/C24H36N2O2Si2/c1-24(2,3)30(7,8)28-18-15-21(29(4,5)6)22-19-13-9-10-14-20(19)23(27)26(22)25-16-11-12-17-25/h9-14,16-17H,15,18H2,1-8H3/b22-21+. The van der Waals surface area contributed by atoms with E-state index in [0.29, 0.717) is 6.61 Å². The fraction of sp³-hybridized carbons (Fsp3) is 0.458. The van der Waals surface area contributed by atoms with Gasteiger partial charge in [0, 0.05) is 24.6 Å². The minimum Gasteiger partial charge on any atom is -0.417 e. The molecule has 162 valence electrons. The topological polar surface area (TPSA) is 34.5 Å². The molecule has 2 heterocycles. The maximum Gasteiger partial charge on any atom is 0.278 e. The van der Waals surface area contributed by atoms with E-state index in [4.69, 9.17) is 4.43 Å². The average molecular weight is 441 g/mol. The van der Waals surface area contributed by atoms with Crippen molar-refractivity contribution in [3.8, 4) is 0 Å². The zero-order valence-corrected chi connectivity index (χ0v) is 21.7. The van der Waals surface area contributed by atoms with E-state index in [1.807, 2.05) is 52.4 Å². The molecule has 4 nitrogen and oxygen atoms in total. The van der Waals surface area contributed by atoms with Crippen molar-refractivity contribution in [1.29, 1.82) is 0 Å². The highest BCUT2D eigenvalue weighted by Gasteiger charge is 2.40. The van der Waals surface area contributed by atoms with Gasteiger partial charge in [-0.2, -0.15) is 0 Å². The summed E-state index contributed by atoms with van der Waals surface area (Å²) in [4.78, 5) is 13.4. The van der Waals surface area contributed by atoms with Crippen LogP contribution in [-0.4, -0.2) is 33.6 Å². The van der Waals surface area contributed by atoms with Crippen molar-refractivity contribution < 1.29 is 9.22 Å². The molecule has 1 amide bonds. The van der Waals surface area contributed by atoms with E-state index < -0.39 is 16.4 Å². The van der Waals surface area contributed by atoms with Gasteiger partial charge in [-0.25, -0.2) is 5.01 Å². The highest BCUT2D eigenvalue weighted by molar-refractivity contribution is 6.84. The third kappa shape index (κ3) is 4.27. The third-order valence-electron chi connectivity index (χ3n) is 6.45. The summed E-state index contributed by atoms with van der Waals surface area (Å²) in [5.74, 6) is 0.0397. The monoisotopic (exact) mass is 440 g/mol. The number of amides is 1. The number of fused-ring (bicyclic) bond motifs is 1. The summed E-state index contributed by atoms with van der Waals surface area (Å²) in [5.41, 5.74) is 2.88. The van der Waals surface area contributed by atoms with Crippen molar-refractivity contribution in [2.75, 3.05) is 11.6 Å². The van der Waals surface area contributed by atoms with Crippen LogP contribution >= 0.6 is 0 Å². The van der Waals surface area contributed by atoms with E-state index in [9.17, 15) is 4.79 Å². The molecule has 0 radical (unpaired) electrons. The molecule has 1 aromatic carbocycles. The van der Waals surface area contributed by atoms with Gasteiger partial charge >= 0.3 is 0 Å². The zero-order chi connectivity index (χ0) is 22.3. The molecule has 6 heteroatoms. The van der Waals surface area contributed by atoms with Crippen LogP contribution in [0.3, 0.4) is 0 Å². The Bertz CT molecular complexity index is 948. The summed E-state index contributed by atoms with van der Waals surface area (Å²) in [7, 11) is -3.56. The van der Waals surface area contributed by atoms with Crippen molar-refractivity contribution in [2.45, 2.75) is 65.0 Å². The number of benzene rings is 1. The van der Waals surface area contributed by atoms with Crippen LogP contribution in [0, 0.1) is 0 Å². The van der Waals surface area contributed by atoms with Crippen molar-refractivity contribution >= 4 is 28.0 Å². The maximum atomic E-state index is 13.4. The first kappa shape index (κ1) is 22.8. The predicted molar refractivity (Wildman–Crippen MR) is 131 cm³/mol. The van der Waals surface area contributed by atoms with E-state index in [2.05, 4.69) is 59.6 Å².